The Bertz CT molecular complexity index is 1000. The molecule has 0 unspecified atom stereocenters. The SMILES string of the molecule is COc1ccc2nc(C)cc(OC3CCN(CC(=O)N4C[C@@H](F)C[C@H]4C#N)CC3)c2c1. The van der Waals surface area contributed by atoms with E-state index in [0.717, 1.165) is 40.9 Å². The number of amides is 1. The lowest BCUT2D eigenvalue weighted by Gasteiger charge is -2.33. The highest BCUT2D eigenvalue weighted by molar-refractivity contribution is 5.86. The predicted molar refractivity (Wildman–Crippen MR) is 114 cm³/mol. The van der Waals surface area contributed by atoms with Crippen molar-refractivity contribution in [3.8, 4) is 17.6 Å². The lowest BCUT2D eigenvalue weighted by Crippen LogP contribution is -2.46. The van der Waals surface area contributed by atoms with Crippen LogP contribution in [0.1, 0.15) is 25.0 Å². The number of hydrogen-bond acceptors (Lipinski definition) is 6. The number of carbonyl (C=O) groups is 1. The third-order valence-corrected chi connectivity index (χ3v) is 6.01. The van der Waals surface area contributed by atoms with Crippen LogP contribution >= 0.6 is 0 Å². The molecule has 2 fully saturated rings. The van der Waals surface area contributed by atoms with Crippen LogP contribution in [0.15, 0.2) is 24.3 Å². The molecule has 0 radical (unpaired) electrons. The van der Waals surface area contributed by atoms with Crippen LogP contribution in [0.5, 0.6) is 11.5 Å². The van der Waals surface area contributed by atoms with E-state index in [4.69, 9.17) is 14.7 Å². The van der Waals surface area contributed by atoms with Crippen molar-refractivity contribution in [1.29, 1.82) is 5.26 Å². The van der Waals surface area contributed by atoms with Crippen LogP contribution in [0.2, 0.25) is 0 Å². The van der Waals surface area contributed by atoms with E-state index in [-0.39, 0.29) is 31.5 Å². The van der Waals surface area contributed by atoms with Crippen molar-refractivity contribution in [3.63, 3.8) is 0 Å². The normalized spacial score (nSPS) is 22.5. The smallest absolute Gasteiger partial charge is 0.237 e. The zero-order chi connectivity index (χ0) is 22.0. The van der Waals surface area contributed by atoms with Gasteiger partial charge in [0.05, 0.1) is 31.8 Å². The molecule has 0 aliphatic carbocycles. The molecule has 0 bridgehead atoms. The Morgan fingerprint density at radius 3 is 2.81 bits per heavy atom. The van der Waals surface area contributed by atoms with Gasteiger partial charge in [0, 0.05) is 36.7 Å². The van der Waals surface area contributed by atoms with Gasteiger partial charge in [-0.1, -0.05) is 0 Å². The lowest BCUT2D eigenvalue weighted by atomic mass is 10.1. The Morgan fingerprint density at radius 2 is 2.10 bits per heavy atom. The summed E-state index contributed by atoms with van der Waals surface area (Å²) in [6, 6.07) is 9.08. The van der Waals surface area contributed by atoms with Crippen molar-refractivity contribution in [2.75, 3.05) is 33.3 Å². The van der Waals surface area contributed by atoms with E-state index in [0.29, 0.717) is 13.1 Å². The molecule has 2 aliphatic rings. The first-order valence-electron chi connectivity index (χ1n) is 10.6. The van der Waals surface area contributed by atoms with Crippen LogP contribution in [0.3, 0.4) is 0 Å². The number of hydrogen-bond donors (Lipinski definition) is 0. The third-order valence-electron chi connectivity index (χ3n) is 6.01. The molecule has 2 saturated heterocycles. The molecule has 7 nitrogen and oxygen atoms in total. The summed E-state index contributed by atoms with van der Waals surface area (Å²) in [4.78, 5) is 20.6. The van der Waals surface area contributed by atoms with Crippen LogP contribution in [0.4, 0.5) is 4.39 Å². The fraction of sp³-hybridized carbons (Fsp3) is 0.522. The zero-order valence-corrected chi connectivity index (χ0v) is 17.9. The number of benzene rings is 1. The number of fused-ring (bicyclic) bond motifs is 1. The number of piperidine rings is 1. The largest absolute Gasteiger partial charge is 0.497 e. The number of ether oxygens (including phenoxy) is 2. The van der Waals surface area contributed by atoms with Gasteiger partial charge in [-0.3, -0.25) is 14.7 Å². The van der Waals surface area contributed by atoms with Crippen LogP contribution in [0, 0.1) is 18.3 Å². The van der Waals surface area contributed by atoms with Crippen LogP contribution in [0.25, 0.3) is 10.9 Å². The minimum Gasteiger partial charge on any atom is -0.497 e. The van der Waals surface area contributed by atoms with Crippen LogP contribution < -0.4 is 9.47 Å². The van der Waals surface area contributed by atoms with Gasteiger partial charge in [0.2, 0.25) is 5.91 Å². The number of aromatic nitrogens is 1. The number of pyridine rings is 1. The van der Waals surface area contributed by atoms with E-state index >= 15 is 0 Å². The molecule has 3 heterocycles. The van der Waals surface area contributed by atoms with Crippen molar-refractivity contribution in [1.82, 2.24) is 14.8 Å². The summed E-state index contributed by atoms with van der Waals surface area (Å²) in [7, 11) is 1.63. The molecular formula is C23H27FN4O3. The van der Waals surface area contributed by atoms with Gasteiger partial charge in [-0.2, -0.15) is 5.26 Å². The van der Waals surface area contributed by atoms with Gasteiger partial charge < -0.3 is 14.4 Å². The molecule has 4 rings (SSSR count). The van der Waals surface area contributed by atoms with Crippen molar-refractivity contribution >= 4 is 16.8 Å². The molecule has 0 N–H and O–H groups in total. The Labute approximate surface area is 181 Å². The number of alkyl halides is 1. The van der Waals surface area contributed by atoms with Gasteiger partial charge in [-0.25, -0.2) is 4.39 Å². The fourth-order valence-corrected chi connectivity index (χ4v) is 4.35. The second kappa shape index (κ2) is 9.06. The number of likely N-dealkylation sites (tertiary alicyclic amines) is 2. The molecule has 1 aromatic carbocycles. The van der Waals surface area contributed by atoms with Crippen molar-refractivity contribution in [2.24, 2.45) is 0 Å². The van der Waals surface area contributed by atoms with Gasteiger partial charge in [-0.15, -0.1) is 0 Å². The highest BCUT2D eigenvalue weighted by atomic mass is 19.1. The van der Waals surface area contributed by atoms with E-state index in [1.54, 1.807) is 7.11 Å². The first-order chi connectivity index (χ1) is 15.0. The maximum atomic E-state index is 13.6. The zero-order valence-electron chi connectivity index (χ0n) is 17.9. The molecule has 2 atom stereocenters. The van der Waals surface area contributed by atoms with E-state index in [9.17, 15) is 9.18 Å². The van der Waals surface area contributed by atoms with Crippen molar-refractivity contribution < 1.29 is 18.7 Å². The van der Waals surface area contributed by atoms with E-state index in [1.165, 1.54) is 4.90 Å². The third kappa shape index (κ3) is 4.72. The molecule has 164 valence electrons. The molecular weight excluding hydrogens is 399 g/mol. The summed E-state index contributed by atoms with van der Waals surface area (Å²) in [6.07, 6.45) is 0.616. The number of nitrogens with zero attached hydrogens (tertiary/aromatic N) is 4. The number of nitriles is 1. The van der Waals surface area contributed by atoms with E-state index < -0.39 is 12.2 Å². The van der Waals surface area contributed by atoms with Gasteiger partial charge >= 0.3 is 0 Å². The number of halogens is 1. The second-order valence-electron chi connectivity index (χ2n) is 8.26. The molecule has 0 spiro atoms. The minimum absolute atomic E-state index is 0.0224. The highest BCUT2D eigenvalue weighted by Crippen LogP contribution is 2.31. The second-order valence-corrected chi connectivity index (χ2v) is 8.26. The van der Waals surface area contributed by atoms with Gasteiger partial charge in [0.15, 0.2) is 0 Å². The Morgan fingerprint density at radius 1 is 1.32 bits per heavy atom. The molecule has 8 heteroatoms. The van der Waals surface area contributed by atoms with Gasteiger partial charge in [-0.05, 0) is 38.0 Å². The summed E-state index contributed by atoms with van der Waals surface area (Å²) in [5.41, 5.74) is 1.75. The molecule has 2 aromatic rings. The summed E-state index contributed by atoms with van der Waals surface area (Å²) < 4.78 is 25.3. The quantitative estimate of drug-likeness (QED) is 0.732. The Balaban J connectivity index is 1.37. The van der Waals surface area contributed by atoms with Crippen LogP contribution in [-0.2, 0) is 4.79 Å². The van der Waals surface area contributed by atoms with Crippen molar-refractivity contribution in [2.45, 2.75) is 44.5 Å². The topological polar surface area (TPSA) is 78.7 Å². The van der Waals surface area contributed by atoms with E-state index in [2.05, 4.69) is 9.88 Å². The molecule has 1 aromatic heterocycles. The summed E-state index contributed by atoms with van der Waals surface area (Å²) in [6.45, 7) is 3.61. The lowest BCUT2D eigenvalue weighted by molar-refractivity contribution is -0.133. The minimum atomic E-state index is -1.11. The predicted octanol–water partition coefficient (Wildman–Crippen LogP) is 2.86. The number of aryl methyl sites for hydroxylation is 1. The molecule has 0 saturated carbocycles. The summed E-state index contributed by atoms with van der Waals surface area (Å²) in [5, 5.41) is 10.1. The van der Waals surface area contributed by atoms with E-state index in [1.807, 2.05) is 37.3 Å². The Kier molecular flexibility index (Phi) is 6.23. The standard InChI is InChI=1S/C23H27FN4O3/c1-15-9-22(20-11-19(30-2)3-4-21(20)26-15)31-18-5-7-27(8-6-18)14-23(29)28-13-16(24)10-17(28)12-25/h3-4,9,11,16-18H,5-8,10,13-14H2,1-2H3/t16-,17-/m0/s1. The maximum Gasteiger partial charge on any atom is 0.237 e. The summed E-state index contributed by atoms with van der Waals surface area (Å²) >= 11 is 0. The number of carbonyl (C=O) groups excluding carboxylic acids is 1. The van der Waals surface area contributed by atoms with Gasteiger partial charge in [0.25, 0.3) is 0 Å². The maximum absolute atomic E-state index is 13.6. The summed E-state index contributed by atoms with van der Waals surface area (Å²) in [5.74, 6) is 1.37. The molecule has 1 amide bonds. The first-order valence-corrected chi connectivity index (χ1v) is 10.6. The average Bonchev–Trinajstić information content (AvgIpc) is 3.15. The molecule has 31 heavy (non-hydrogen) atoms. The molecule has 2 aliphatic heterocycles. The average molecular weight is 426 g/mol. The van der Waals surface area contributed by atoms with Crippen LogP contribution in [-0.4, -0.2) is 72.3 Å². The monoisotopic (exact) mass is 426 g/mol. The fourth-order valence-electron chi connectivity index (χ4n) is 4.35. The first kappa shape index (κ1) is 21.3. The highest BCUT2D eigenvalue weighted by Gasteiger charge is 2.36. The number of rotatable bonds is 5. The van der Waals surface area contributed by atoms with Gasteiger partial charge in [0.1, 0.15) is 29.8 Å². The number of methoxy groups -OCH3 is 1. The van der Waals surface area contributed by atoms with Crippen molar-refractivity contribution in [3.05, 3.63) is 30.0 Å². The Hall–Kier alpha value is -2.92.